The van der Waals surface area contributed by atoms with Gasteiger partial charge in [0, 0.05) is 36.6 Å². The molecule has 8 heteroatoms. The number of aromatic nitrogens is 1. The van der Waals surface area contributed by atoms with Crippen LogP contribution in [0.2, 0.25) is 0 Å². The molecule has 0 fully saturated rings. The van der Waals surface area contributed by atoms with Crippen LogP contribution in [0.25, 0.3) is 21.7 Å². The third kappa shape index (κ3) is 6.17. The number of para-hydroxylation sites is 1. The van der Waals surface area contributed by atoms with Crippen LogP contribution >= 0.6 is 0 Å². The molecule has 2 atom stereocenters. The highest BCUT2D eigenvalue weighted by Crippen LogP contribution is 2.20. The normalized spacial score (nSPS) is 12.9. The maximum absolute atomic E-state index is 13.3. The summed E-state index contributed by atoms with van der Waals surface area (Å²) in [5, 5.41) is 21.5. The van der Waals surface area contributed by atoms with Crippen molar-refractivity contribution in [3.8, 4) is 0 Å². The number of fused-ring (bicyclic) bond motifs is 2. The number of aromatic amines is 1. The van der Waals surface area contributed by atoms with Crippen LogP contribution in [0.1, 0.15) is 11.1 Å². The van der Waals surface area contributed by atoms with Crippen molar-refractivity contribution in [3.63, 3.8) is 0 Å². The molecule has 182 valence electrons. The Kier molecular flexibility index (Phi) is 7.97. The Morgan fingerprint density at radius 3 is 2.51 bits per heavy atom. The van der Waals surface area contributed by atoms with E-state index >= 15 is 0 Å². The fourth-order valence-corrected chi connectivity index (χ4v) is 4.23. The Morgan fingerprint density at radius 1 is 0.943 bits per heavy atom. The van der Waals surface area contributed by atoms with Gasteiger partial charge in [-0.25, -0.2) is 4.79 Å². The van der Waals surface area contributed by atoms with Gasteiger partial charge in [-0.15, -0.1) is 0 Å². The Hall–Kier alpha value is -3.88. The van der Waals surface area contributed by atoms with Crippen molar-refractivity contribution in [2.24, 2.45) is 5.73 Å². The smallest absolute Gasteiger partial charge is 0.315 e. The molecule has 3 aromatic carbocycles. The SMILES string of the molecule is NCCNC(=O)N[C@H](Cc1ccc2ccccc2c1)C(=O)N[C@@H](CO)Cc1c[nH]c2ccccc12. The fraction of sp³-hybridized carbons (Fsp3) is 0.259. The van der Waals surface area contributed by atoms with Gasteiger partial charge in [-0.3, -0.25) is 4.79 Å². The van der Waals surface area contributed by atoms with E-state index in [1.807, 2.05) is 72.9 Å². The van der Waals surface area contributed by atoms with Gasteiger partial charge in [0.15, 0.2) is 0 Å². The summed E-state index contributed by atoms with van der Waals surface area (Å²) in [6.45, 7) is 0.370. The summed E-state index contributed by atoms with van der Waals surface area (Å²) in [4.78, 5) is 28.9. The van der Waals surface area contributed by atoms with Crippen LogP contribution in [0.3, 0.4) is 0 Å². The molecule has 0 radical (unpaired) electrons. The second-order valence-corrected chi connectivity index (χ2v) is 8.58. The number of hydrogen-bond acceptors (Lipinski definition) is 4. The lowest BCUT2D eigenvalue weighted by atomic mass is 10.0. The zero-order valence-corrected chi connectivity index (χ0v) is 19.5. The highest BCUT2D eigenvalue weighted by atomic mass is 16.3. The number of carbonyl (C=O) groups is 2. The first-order chi connectivity index (χ1) is 17.1. The molecular formula is C27H31N5O3. The molecule has 0 saturated heterocycles. The molecule has 0 bridgehead atoms. The van der Waals surface area contributed by atoms with Crippen molar-refractivity contribution >= 4 is 33.6 Å². The van der Waals surface area contributed by atoms with E-state index in [0.29, 0.717) is 25.9 Å². The largest absolute Gasteiger partial charge is 0.394 e. The average Bonchev–Trinajstić information content (AvgIpc) is 3.29. The van der Waals surface area contributed by atoms with Gasteiger partial charge in [-0.05, 0) is 34.4 Å². The van der Waals surface area contributed by atoms with E-state index in [4.69, 9.17) is 5.73 Å². The molecule has 1 heterocycles. The number of amides is 3. The molecule has 0 aliphatic heterocycles. The second kappa shape index (κ2) is 11.5. The first-order valence-corrected chi connectivity index (χ1v) is 11.8. The zero-order valence-electron chi connectivity index (χ0n) is 19.5. The number of hydrogen-bond donors (Lipinski definition) is 6. The Balaban J connectivity index is 1.50. The Labute approximate surface area is 203 Å². The molecule has 8 nitrogen and oxygen atoms in total. The minimum Gasteiger partial charge on any atom is -0.394 e. The first-order valence-electron chi connectivity index (χ1n) is 11.8. The molecule has 0 unspecified atom stereocenters. The number of rotatable bonds is 10. The zero-order chi connectivity index (χ0) is 24.6. The van der Waals surface area contributed by atoms with Crippen LogP contribution in [0.5, 0.6) is 0 Å². The van der Waals surface area contributed by atoms with Gasteiger partial charge in [-0.2, -0.15) is 0 Å². The van der Waals surface area contributed by atoms with Crippen molar-refractivity contribution in [2.45, 2.75) is 24.9 Å². The molecule has 0 spiro atoms. The third-order valence-corrected chi connectivity index (χ3v) is 6.01. The van der Waals surface area contributed by atoms with E-state index in [-0.39, 0.29) is 12.5 Å². The Bertz CT molecular complexity index is 1300. The van der Waals surface area contributed by atoms with Gasteiger partial charge in [0.05, 0.1) is 12.6 Å². The minimum atomic E-state index is -0.828. The minimum absolute atomic E-state index is 0.229. The van der Waals surface area contributed by atoms with Crippen molar-refractivity contribution in [1.82, 2.24) is 20.9 Å². The first kappa shape index (κ1) is 24.3. The number of nitrogens with two attached hydrogens (primary N) is 1. The number of aliphatic hydroxyl groups excluding tert-OH is 1. The number of nitrogens with one attached hydrogen (secondary N) is 4. The molecule has 0 aliphatic rings. The number of urea groups is 1. The van der Waals surface area contributed by atoms with Crippen molar-refractivity contribution in [1.29, 1.82) is 0 Å². The summed E-state index contributed by atoms with van der Waals surface area (Å²) in [7, 11) is 0. The fourth-order valence-electron chi connectivity index (χ4n) is 4.23. The van der Waals surface area contributed by atoms with Crippen LogP contribution in [-0.2, 0) is 17.6 Å². The monoisotopic (exact) mass is 473 g/mol. The number of aliphatic hydroxyl groups is 1. The van der Waals surface area contributed by atoms with Crippen LogP contribution in [0.15, 0.2) is 72.9 Å². The van der Waals surface area contributed by atoms with Gasteiger partial charge >= 0.3 is 6.03 Å². The van der Waals surface area contributed by atoms with E-state index in [0.717, 1.165) is 32.8 Å². The van der Waals surface area contributed by atoms with Crippen LogP contribution in [-0.4, -0.2) is 53.8 Å². The maximum atomic E-state index is 13.3. The maximum Gasteiger partial charge on any atom is 0.315 e. The van der Waals surface area contributed by atoms with E-state index in [1.54, 1.807) is 0 Å². The second-order valence-electron chi connectivity index (χ2n) is 8.58. The highest BCUT2D eigenvalue weighted by Gasteiger charge is 2.24. The van der Waals surface area contributed by atoms with Gasteiger partial charge in [-0.1, -0.05) is 60.7 Å². The van der Waals surface area contributed by atoms with Gasteiger partial charge in [0.25, 0.3) is 0 Å². The lowest BCUT2D eigenvalue weighted by Crippen LogP contribution is -2.54. The summed E-state index contributed by atoms with van der Waals surface area (Å²) < 4.78 is 0. The van der Waals surface area contributed by atoms with Crippen molar-refractivity contribution < 1.29 is 14.7 Å². The lowest BCUT2D eigenvalue weighted by molar-refractivity contribution is -0.123. The van der Waals surface area contributed by atoms with Crippen molar-refractivity contribution in [2.75, 3.05) is 19.7 Å². The topological polar surface area (TPSA) is 132 Å². The molecule has 4 aromatic rings. The molecular weight excluding hydrogens is 442 g/mol. The summed E-state index contributed by atoms with van der Waals surface area (Å²) in [6.07, 6.45) is 2.65. The molecule has 35 heavy (non-hydrogen) atoms. The van der Waals surface area contributed by atoms with Gasteiger partial charge < -0.3 is 31.8 Å². The number of benzene rings is 3. The van der Waals surface area contributed by atoms with E-state index in [9.17, 15) is 14.7 Å². The molecule has 1 aromatic heterocycles. The number of carbonyl (C=O) groups excluding carboxylic acids is 2. The predicted molar refractivity (Wildman–Crippen MR) is 138 cm³/mol. The van der Waals surface area contributed by atoms with E-state index < -0.39 is 18.1 Å². The molecule has 4 rings (SSSR count). The van der Waals surface area contributed by atoms with E-state index in [2.05, 4.69) is 20.9 Å². The number of H-pyrrole nitrogens is 1. The lowest BCUT2D eigenvalue weighted by Gasteiger charge is -2.23. The van der Waals surface area contributed by atoms with Crippen LogP contribution < -0.4 is 21.7 Å². The van der Waals surface area contributed by atoms with Crippen LogP contribution in [0.4, 0.5) is 4.79 Å². The molecule has 0 saturated carbocycles. The van der Waals surface area contributed by atoms with Gasteiger partial charge in [0.1, 0.15) is 6.04 Å². The van der Waals surface area contributed by atoms with Crippen LogP contribution in [0, 0.1) is 0 Å². The molecule has 0 aliphatic carbocycles. The molecule has 7 N–H and O–H groups in total. The average molecular weight is 474 g/mol. The quantitative estimate of drug-likeness (QED) is 0.211. The summed E-state index contributed by atoms with van der Waals surface area (Å²) in [5.74, 6) is -0.361. The highest BCUT2D eigenvalue weighted by molar-refractivity contribution is 5.88. The summed E-state index contributed by atoms with van der Waals surface area (Å²) in [6, 6.07) is 20.0. The summed E-state index contributed by atoms with van der Waals surface area (Å²) >= 11 is 0. The molecule has 3 amide bonds. The predicted octanol–water partition coefficient (Wildman–Crippen LogP) is 2.21. The van der Waals surface area contributed by atoms with Crippen molar-refractivity contribution in [3.05, 3.63) is 84.1 Å². The standard InChI is InChI=1S/C27H31N5O3/c28-11-12-29-27(35)32-25(14-18-9-10-19-5-1-2-6-20(19)13-18)26(34)31-22(17-33)15-21-16-30-24-8-4-3-7-23(21)24/h1-10,13,16,22,25,30,33H,11-12,14-15,17,28H2,(H,31,34)(H2,29,32,35)/t22-,25-/m1/s1. The van der Waals surface area contributed by atoms with E-state index in [1.165, 1.54) is 0 Å². The Morgan fingerprint density at radius 2 is 1.71 bits per heavy atom. The summed E-state index contributed by atoms with van der Waals surface area (Å²) in [5.41, 5.74) is 8.39. The van der Waals surface area contributed by atoms with Gasteiger partial charge in [0.2, 0.25) is 5.91 Å². The third-order valence-electron chi connectivity index (χ3n) is 6.01.